The topological polar surface area (TPSA) is 20.3 Å². The molecule has 102 valence electrons. The Kier molecular flexibility index (Phi) is 3.85. The first-order chi connectivity index (χ1) is 9.65. The zero-order valence-corrected chi connectivity index (χ0v) is 13.4. The van der Waals surface area contributed by atoms with E-state index in [2.05, 4.69) is 35.0 Å². The van der Waals surface area contributed by atoms with Gasteiger partial charge in [-0.15, -0.1) is 11.8 Å². The fraction of sp³-hybridized carbons (Fsp3) is 0.188. The van der Waals surface area contributed by atoms with Crippen LogP contribution in [0.1, 0.15) is 16.5 Å². The van der Waals surface area contributed by atoms with Crippen molar-refractivity contribution in [1.82, 2.24) is 0 Å². The van der Waals surface area contributed by atoms with E-state index < -0.39 is 0 Å². The van der Waals surface area contributed by atoms with Crippen molar-refractivity contribution in [2.45, 2.75) is 12.3 Å². The monoisotopic (exact) mass is 347 g/mol. The molecule has 0 saturated carbocycles. The van der Waals surface area contributed by atoms with Crippen LogP contribution in [0.3, 0.4) is 0 Å². The molecule has 2 aromatic carbocycles. The Hall–Kier alpha value is -1.26. The lowest BCUT2D eigenvalue weighted by molar-refractivity contribution is -0.115. The quantitative estimate of drug-likeness (QED) is 0.794. The lowest BCUT2D eigenvalue weighted by Gasteiger charge is -2.24. The molecule has 0 N–H and O–H groups in total. The fourth-order valence-corrected chi connectivity index (χ4v) is 3.90. The molecule has 0 radical (unpaired) electrons. The molecule has 1 heterocycles. The number of hydrogen-bond acceptors (Lipinski definition) is 2. The van der Waals surface area contributed by atoms with Crippen molar-refractivity contribution < 1.29 is 4.79 Å². The number of nitrogens with zero attached hydrogens (tertiary/aromatic N) is 1. The molecule has 20 heavy (non-hydrogen) atoms. The fourth-order valence-electron chi connectivity index (χ4n) is 2.32. The number of amides is 1. The summed E-state index contributed by atoms with van der Waals surface area (Å²) in [5.41, 5.74) is 3.32. The summed E-state index contributed by atoms with van der Waals surface area (Å²) in [7, 11) is 0. The summed E-state index contributed by atoms with van der Waals surface area (Å²) >= 11 is 5.17. The molecule has 0 aliphatic carbocycles. The van der Waals surface area contributed by atoms with Gasteiger partial charge in [-0.05, 0) is 36.8 Å². The molecular weight excluding hydrogens is 334 g/mol. The Bertz CT molecular complexity index is 641. The van der Waals surface area contributed by atoms with Crippen LogP contribution in [0.25, 0.3) is 0 Å². The first-order valence-electron chi connectivity index (χ1n) is 6.41. The van der Waals surface area contributed by atoms with Gasteiger partial charge < -0.3 is 0 Å². The maximum absolute atomic E-state index is 12.2. The van der Waals surface area contributed by atoms with Crippen molar-refractivity contribution in [3.8, 4) is 0 Å². The van der Waals surface area contributed by atoms with Crippen molar-refractivity contribution in [3.63, 3.8) is 0 Å². The number of rotatable bonds is 2. The highest BCUT2D eigenvalue weighted by molar-refractivity contribution is 9.10. The molecule has 1 amide bonds. The van der Waals surface area contributed by atoms with Gasteiger partial charge in [0.2, 0.25) is 5.91 Å². The molecule has 0 spiro atoms. The number of halogens is 1. The zero-order chi connectivity index (χ0) is 14.1. The van der Waals surface area contributed by atoms with Crippen LogP contribution in [0.4, 0.5) is 5.69 Å². The maximum Gasteiger partial charge on any atom is 0.238 e. The van der Waals surface area contributed by atoms with E-state index in [0.29, 0.717) is 5.75 Å². The molecule has 4 heteroatoms. The van der Waals surface area contributed by atoms with E-state index in [1.807, 2.05) is 41.3 Å². The molecule has 1 fully saturated rings. The Labute approximate surface area is 131 Å². The van der Waals surface area contributed by atoms with E-state index in [1.54, 1.807) is 11.8 Å². The predicted octanol–water partition coefficient (Wildman–Crippen LogP) is 4.54. The van der Waals surface area contributed by atoms with Crippen molar-refractivity contribution in [2.24, 2.45) is 0 Å². The van der Waals surface area contributed by atoms with E-state index in [4.69, 9.17) is 0 Å². The van der Waals surface area contributed by atoms with Crippen LogP contribution in [-0.4, -0.2) is 11.7 Å². The largest absolute Gasteiger partial charge is 0.295 e. The van der Waals surface area contributed by atoms with Gasteiger partial charge in [-0.1, -0.05) is 45.8 Å². The van der Waals surface area contributed by atoms with Gasteiger partial charge in [0, 0.05) is 10.2 Å². The van der Waals surface area contributed by atoms with Gasteiger partial charge >= 0.3 is 0 Å². The molecule has 0 unspecified atom stereocenters. The van der Waals surface area contributed by atoms with Crippen LogP contribution in [0.2, 0.25) is 0 Å². The number of carbonyl (C=O) groups excluding carboxylic acids is 1. The van der Waals surface area contributed by atoms with Gasteiger partial charge in [-0.2, -0.15) is 0 Å². The highest BCUT2D eigenvalue weighted by Crippen LogP contribution is 2.42. The van der Waals surface area contributed by atoms with Crippen LogP contribution < -0.4 is 4.90 Å². The molecular formula is C16H14BrNOS. The number of thioether (sulfide) groups is 1. The molecule has 1 atom stereocenters. The average Bonchev–Trinajstić information content (AvgIpc) is 2.82. The van der Waals surface area contributed by atoms with Gasteiger partial charge in [0.25, 0.3) is 0 Å². The smallest absolute Gasteiger partial charge is 0.238 e. The maximum atomic E-state index is 12.2. The molecule has 0 aromatic heterocycles. The van der Waals surface area contributed by atoms with E-state index >= 15 is 0 Å². The minimum absolute atomic E-state index is 0.0581. The number of aryl methyl sites for hydroxylation is 1. The van der Waals surface area contributed by atoms with E-state index in [1.165, 1.54) is 5.56 Å². The summed E-state index contributed by atoms with van der Waals surface area (Å²) in [5.74, 6) is 0.703. The summed E-state index contributed by atoms with van der Waals surface area (Å²) in [4.78, 5) is 14.1. The van der Waals surface area contributed by atoms with E-state index in [0.717, 1.165) is 15.7 Å². The Morgan fingerprint density at radius 1 is 1.20 bits per heavy atom. The minimum Gasteiger partial charge on any atom is -0.295 e. The van der Waals surface area contributed by atoms with Crippen LogP contribution in [0, 0.1) is 6.92 Å². The van der Waals surface area contributed by atoms with Crippen molar-refractivity contribution >= 4 is 39.3 Å². The number of carbonyl (C=O) groups is 1. The first kappa shape index (κ1) is 13.7. The first-order valence-corrected chi connectivity index (χ1v) is 8.25. The average molecular weight is 348 g/mol. The second kappa shape index (κ2) is 5.62. The normalized spacial score (nSPS) is 18.6. The van der Waals surface area contributed by atoms with Crippen LogP contribution in [-0.2, 0) is 4.79 Å². The molecule has 1 saturated heterocycles. The van der Waals surface area contributed by atoms with Gasteiger partial charge in [-0.3, -0.25) is 9.69 Å². The summed E-state index contributed by atoms with van der Waals surface area (Å²) in [6.45, 7) is 2.05. The van der Waals surface area contributed by atoms with Crippen LogP contribution >= 0.6 is 27.7 Å². The lowest BCUT2D eigenvalue weighted by atomic mass is 10.1. The number of benzene rings is 2. The Morgan fingerprint density at radius 3 is 2.65 bits per heavy atom. The highest BCUT2D eigenvalue weighted by Gasteiger charge is 2.33. The summed E-state index contributed by atoms with van der Waals surface area (Å²) in [5, 5.41) is 0.0581. The van der Waals surface area contributed by atoms with Crippen LogP contribution in [0.15, 0.2) is 53.0 Å². The lowest BCUT2D eigenvalue weighted by Crippen LogP contribution is -2.27. The Morgan fingerprint density at radius 2 is 1.95 bits per heavy atom. The van der Waals surface area contributed by atoms with Crippen molar-refractivity contribution in [3.05, 3.63) is 64.1 Å². The standard InChI is InChI=1S/C16H14BrNOS/c1-11-5-7-14(8-6-11)18-15(19)10-20-16(18)12-3-2-4-13(17)9-12/h2-9,16H,10H2,1H3/t16-/m0/s1. The SMILES string of the molecule is Cc1ccc(N2C(=O)CS[C@H]2c2cccc(Br)c2)cc1. The molecule has 2 nitrogen and oxygen atoms in total. The second-order valence-corrected chi connectivity index (χ2v) is 6.80. The third-order valence-electron chi connectivity index (χ3n) is 3.31. The van der Waals surface area contributed by atoms with Crippen molar-refractivity contribution in [1.29, 1.82) is 0 Å². The molecule has 2 aromatic rings. The number of hydrogen-bond donors (Lipinski definition) is 0. The summed E-state index contributed by atoms with van der Waals surface area (Å²) in [6, 6.07) is 16.3. The molecule has 0 bridgehead atoms. The van der Waals surface area contributed by atoms with Gasteiger partial charge in [0.15, 0.2) is 0 Å². The minimum atomic E-state index is 0.0581. The third-order valence-corrected chi connectivity index (χ3v) is 5.02. The third kappa shape index (κ3) is 2.63. The van der Waals surface area contributed by atoms with Gasteiger partial charge in [0.05, 0.1) is 5.75 Å². The number of anilines is 1. The van der Waals surface area contributed by atoms with Gasteiger partial charge in [0.1, 0.15) is 5.37 Å². The van der Waals surface area contributed by atoms with E-state index in [-0.39, 0.29) is 11.3 Å². The molecule has 1 aliphatic rings. The summed E-state index contributed by atoms with van der Waals surface area (Å²) in [6.07, 6.45) is 0. The second-order valence-electron chi connectivity index (χ2n) is 4.82. The molecule has 1 aliphatic heterocycles. The predicted molar refractivity (Wildman–Crippen MR) is 88.0 cm³/mol. The highest BCUT2D eigenvalue weighted by atomic mass is 79.9. The Balaban J connectivity index is 1.98. The van der Waals surface area contributed by atoms with E-state index in [9.17, 15) is 4.79 Å². The van der Waals surface area contributed by atoms with Gasteiger partial charge in [-0.25, -0.2) is 0 Å². The molecule has 3 rings (SSSR count). The van der Waals surface area contributed by atoms with Crippen molar-refractivity contribution in [2.75, 3.05) is 10.7 Å². The summed E-state index contributed by atoms with van der Waals surface area (Å²) < 4.78 is 1.04. The zero-order valence-electron chi connectivity index (χ0n) is 11.0. The van der Waals surface area contributed by atoms with Crippen LogP contribution in [0.5, 0.6) is 0 Å².